The van der Waals surface area contributed by atoms with Crippen LogP contribution in [0.15, 0.2) is 17.6 Å². The Labute approximate surface area is 81.6 Å². The Balaban J connectivity index is 4.17. The molecule has 0 aromatic carbocycles. The fraction of sp³-hybridized carbons (Fsp3) is 0.571. The molecule has 3 nitrogen and oxygen atoms in total. The van der Waals surface area contributed by atoms with Crippen molar-refractivity contribution in [3.05, 3.63) is 12.7 Å². The molecule has 1 atom stereocenters. The van der Waals surface area contributed by atoms with E-state index in [9.17, 15) is 0 Å². The fourth-order valence-corrected chi connectivity index (χ4v) is 0.798. The molecule has 0 aliphatic carbocycles. The Morgan fingerprint density at radius 1 is 1.73 bits per heavy atom. The first-order chi connectivity index (χ1) is 5.11. The molecule has 0 heterocycles. The largest absolute Gasteiger partial charge is 0.369 e. The number of guanidine groups is 1. The van der Waals surface area contributed by atoms with Gasteiger partial charge in [0.15, 0.2) is 5.96 Å². The second-order valence-electron chi connectivity index (χ2n) is 2.58. The summed E-state index contributed by atoms with van der Waals surface area (Å²) in [7, 11) is 0. The van der Waals surface area contributed by atoms with Crippen LogP contribution in [0.5, 0.6) is 0 Å². The number of aliphatic imine (C=N–C) groups is 1. The zero-order valence-corrected chi connectivity index (χ0v) is 9.00. The molecular formula is C7H14IN3. The van der Waals surface area contributed by atoms with Gasteiger partial charge in [0, 0.05) is 0 Å². The summed E-state index contributed by atoms with van der Waals surface area (Å²) in [6.07, 6.45) is 1.80. The van der Waals surface area contributed by atoms with Gasteiger partial charge >= 0.3 is 0 Å². The number of rotatable bonds is 3. The molecule has 0 amide bonds. The van der Waals surface area contributed by atoms with Crippen LogP contribution in [0.1, 0.15) is 13.8 Å². The molecule has 0 rings (SSSR count). The van der Waals surface area contributed by atoms with Gasteiger partial charge in [0.05, 0.1) is 28.9 Å². The molecule has 4 heteroatoms. The lowest BCUT2D eigenvalue weighted by atomic mass is 10.1. The summed E-state index contributed by atoms with van der Waals surface area (Å²) in [5.74, 6) is 0.889. The van der Waals surface area contributed by atoms with E-state index >= 15 is 0 Å². The van der Waals surface area contributed by atoms with Crippen molar-refractivity contribution in [1.82, 2.24) is 3.53 Å². The summed E-state index contributed by atoms with van der Waals surface area (Å²) in [5.41, 5.74) is 5.47. The monoisotopic (exact) mass is 267 g/mol. The summed E-state index contributed by atoms with van der Waals surface area (Å²) in [6.45, 7) is 7.84. The minimum Gasteiger partial charge on any atom is -0.369 e. The minimum atomic E-state index is 0.109. The van der Waals surface area contributed by atoms with Crippen molar-refractivity contribution in [3.63, 3.8) is 0 Å². The van der Waals surface area contributed by atoms with Crippen LogP contribution in [0.25, 0.3) is 0 Å². The lowest BCUT2D eigenvalue weighted by molar-refractivity contribution is 0.572. The molecule has 0 saturated carbocycles. The standard InChI is InChI=1S/C7H14IN3/c1-4-6(5(2)3)10-7(9)11-8/h4-6H,1H2,2-3H3,(H3,9,10,11). The van der Waals surface area contributed by atoms with E-state index < -0.39 is 0 Å². The molecule has 0 bridgehead atoms. The predicted molar refractivity (Wildman–Crippen MR) is 57.6 cm³/mol. The molecule has 0 fully saturated rings. The van der Waals surface area contributed by atoms with Gasteiger partial charge in [0.25, 0.3) is 0 Å². The third kappa shape index (κ3) is 4.23. The Hall–Kier alpha value is -0.260. The second kappa shape index (κ2) is 5.40. The van der Waals surface area contributed by atoms with Gasteiger partial charge in [-0.25, -0.2) is 4.99 Å². The maximum absolute atomic E-state index is 5.47. The van der Waals surface area contributed by atoms with Crippen LogP contribution in [-0.2, 0) is 0 Å². The zero-order chi connectivity index (χ0) is 8.85. The van der Waals surface area contributed by atoms with Crippen molar-refractivity contribution in [2.45, 2.75) is 19.9 Å². The Morgan fingerprint density at radius 3 is 2.55 bits per heavy atom. The molecule has 1 unspecified atom stereocenters. The van der Waals surface area contributed by atoms with E-state index in [-0.39, 0.29) is 6.04 Å². The molecular weight excluding hydrogens is 253 g/mol. The first kappa shape index (κ1) is 10.7. The predicted octanol–water partition coefficient (Wildman–Crippen LogP) is 1.45. The van der Waals surface area contributed by atoms with E-state index in [2.05, 4.69) is 28.9 Å². The van der Waals surface area contributed by atoms with Gasteiger partial charge in [-0.3, -0.25) is 3.53 Å². The molecule has 0 aromatic rings. The van der Waals surface area contributed by atoms with Crippen LogP contribution in [0.4, 0.5) is 0 Å². The summed E-state index contributed by atoms with van der Waals surface area (Å²) < 4.78 is 2.73. The molecule has 64 valence electrons. The quantitative estimate of drug-likeness (QED) is 0.267. The Kier molecular flexibility index (Phi) is 5.27. The summed E-state index contributed by atoms with van der Waals surface area (Å²) in [4.78, 5) is 4.17. The van der Waals surface area contributed by atoms with Crippen LogP contribution < -0.4 is 9.26 Å². The number of hydrogen-bond donors (Lipinski definition) is 2. The van der Waals surface area contributed by atoms with E-state index in [0.717, 1.165) is 0 Å². The van der Waals surface area contributed by atoms with Gasteiger partial charge in [-0.2, -0.15) is 0 Å². The van der Waals surface area contributed by atoms with Crippen LogP contribution in [0.2, 0.25) is 0 Å². The molecule has 3 N–H and O–H groups in total. The Morgan fingerprint density at radius 2 is 2.27 bits per heavy atom. The second-order valence-corrected chi connectivity index (χ2v) is 3.12. The summed E-state index contributed by atoms with van der Waals surface area (Å²) in [5, 5.41) is 0. The van der Waals surface area contributed by atoms with E-state index in [4.69, 9.17) is 5.73 Å². The number of hydrogen-bond acceptors (Lipinski definition) is 1. The third-order valence-electron chi connectivity index (χ3n) is 1.31. The fourth-order valence-electron chi connectivity index (χ4n) is 0.659. The summed E-state index contributed by atoms with van der Waals surface area (Å²) in [6, 6.07) is 0.109. The van der Waals surface area contributed by atoms with Crippen molar-refractivity contribution in [3.8, 4) is 0 Å². The summed E-state index contributed by atoms with van der Waals surface area (Å²) >= 11 is 1.95. The normalized spacial score (nSPS) is 14.7. The number of nitrogens with zero attached hydrogens (tertiary/aromatic N) is 1. The molecule has 0 aliphatic heterocycles. The van der Waals surface area contributed by atoms with Gasteiger partial charge in [-0.1, -0.05) is 19.9 Å². The van der Waals surface area contributed by atoms with Crippen LogP contribution >= 0.6 is 22.9 Å². The van der Waals surface area contributed by atoms with Crippen LogP contribution in [0.3, 0.4) is 0 Å². The highest BCUT2D eigenvalue weighted by Crippen LogP contribution is 2.06. The first-order valence-corrected chi connectivity index (χ1v) is 4.52. The van der Waals surface area contributed by atoms with E-state index in [1.807, 2.05) is 22.9 Å². The molecule has 0 aliphatic rings. The molecule has 0 spiro atoms. The smallest absolute Gasteiger partial charge is 0.198 e. The number of halogens is 1. The highest BCUT2D eigenvalue weighted by molar-refractivity contribution is 14.1. The molecule has 0 radical (unpaired) electrons. The van der Waals surface area contributed by atoms with Gasteiger partial charge in [0.1, 0.15) is 0 Å². The first-order valence-electron chi connectivity index (χ1n) is 3.44. The lowest BCUT2D eigenvalue weighted by Crippen LogP contribution is -2.26. The minimum absolute atomic E-state index is 0.109. The van der Waals surface area contributed by atoms with Crippen molar-refractivity contribution in [2.24, 2.45) is 16.6 Å². The zero-order valence-electron chi connectivity index (χ0n) is 6.84. The molecule has 0 saturated heterocycles. The maximum Gasteiger partial charge on any atom is 0.198 e. The molecule has 0 aromatic heterocycles. The van der Waals surface area contributed by atoms with Gasteiger partial charge in [0.2, 0.25) is 0 Å². The SMILES string of the molecule is C=CC(N=C(N)NI)C(C)C. The number of nitrogens with two attached hydrogens (primary N) is 1. The van der Waals surface area contributed by atoms with Gasteiger partial charge in [-0.05, 0) is 5.92 Å². The van der Waals surface area contributed by atoms with E-state index in [1.165, 1.54) is 0 Å². The average molecular weight is 267 g/mol. The van der Waals surface area contributed by atoms with Crippen molar-refractivity contribution in [1.29, 1.82) is 0 Å². The highest BCUT2D eigenvalue weighted by atomic mass is 127. The maximum atomic E-state index is 5.47. The van der Waals surface area contributed by atoms with Crippen molar-refractivity contribution in [2.75, 3.05) is 0 Å². The van der Waals surface area contributed by atoms with Crippen LogP contribution in [0, 0.1) is 5.92 Å². The Bertz CT molecular complexity index is 154. The highest BCUT2D eigenvalue weighted by Gasteiger charge is 2.06. The number of nitrogens with one attached hydrogen (secondary N) is 1. The van der Waals surface area contributed by atoms with E-state index in [1.54, 1.807) is 6.08 Å². The van der Waals surface area contributed by atoms with Crippen molar-refractivity contribution < 1.29 is 0 Å². The van der Waals surface area contributed by atoms with Crippen LogP contribution in [-0.4, -0.2) is 12.0 Å². The average Bonchev–Trinajstić information content (AvgIpc) is 1.99. The van der Waals surface area contributed by atoms with Gasteiger partial charge < -0.3 is 5.73 Å². The van der Waals surface area contributed by atoms with Crippen molar-refractivity contribution >= 4 is 28.8 Å². The molecule has 11 heavy (non-hydrogen) atoms. The van der Waals surface area contributed by atoms with Gasteiger partial charge in [-0.15, -0.1) is 6.58 Å². The van der Waals surface area contributed by atoms with E-state index in [0.29, 0.717) is 11.9 Å². The topological polar surface area (TPSA) is 50.4 Å². The third-order valence-corrected chi connectivity index (χ3v) is 1.86. The lowest BCUT2D eigenvalue weighted by Gasteiger charge is -2.11.